The van der Waals surface area contributed by atoms with Gasteiger partial charge in [0.05, 0.1) is 12.1 Å². The Morgan fingerprint density at radius 1 is 0.667 bits per heavy atom. The molecule has 2 saturated heterocycles. The third-order valence-electron chi connectivity index (χ3n) is 6.07. The van der Waals surface area contributed by atoms with Gasteiger partial charge in [0, 0.05) is 147 Å². The minimum absolute atomic E-state index is 0. The smallest absolute Gasteiger partial charge is 0.315 e. The fourth-order valence-electron chi connectivity index (χ4n) is 3.95. The molecule has 3 amide bonds. The first-order valence-corrected chi connectivity index (χ1v) is 16.9. The Hall–Kier alpha value is -2.72. The average Bonchev–Trinajstić information content (AvgIpc) is 3.69. The van der Waals surface area contributed by atoms with E-state index in [1.807, 2.05) is 84.6 Å². The summed E-state index contributed by atoms with van der Waals surface area (Å²) in [6, 6.07) is 23.3. The van der Waals surface area contributed by atoms with Crippen LogP contribution < -0.4 is 16.0 Å². The molecule has 4 aromatic rings. The Kier molecular flexibility index (Phi) is 85.5. The third-order valence-corrected chi connectivity index (χ3v) is 7.58. The molecule has 6 rings (SSSR count). The van der Waals surface area contributed by atoms with Crippen LogP contribution in [0.3, 0.4) is 0 Å². The van der Waals surface area contributed by atoms with Crippen molar-refractivity contribution >= 4 is 23.7 Å². The molecule has 0 bridgehead atoms. The summed E-state index contributed by atoms with van der Waals surface area (Å²) in [6.45, 7) is 1.57. The van der Waals surface area contributed by atoms with Gasteiger partial charge in [0.2, 0.25) is 5.91 Å². The van der Waals surface area contributed by atoms with Crippen molar-refractivity contribution < 1.29 is 135 Å². The normalized spacial score (nSPS) is 13.4. The van der Waals surface area contributed by atoms with Crippen LogP contribution in [0.5, 0.6) is 0 Å². The summed E-state index contributed by atoms with van der Waals surface area (Å²) < 4.78 is 0. The van der Waals surface area contributed by atoms with Crippen molar-refractivity contribution in [1.29, 1.82) is 0 Å². The summed E-state index contributed by atoms with van der Waals surface area (Å²) in [5.74, 6) is 0.904. The number of aromatic nitrogens is 4. The van der Waals surface area contributed by atoms with Crippen LogP contribution in [0.15, 0.2) is 122 Å². The molecule has 2 aliphatic heterocycles. The molecule has 4 radical (unpaired) electrons. The van der Waals surface area contributed by atoms with E-state index >= 15 is 0 Å². The van der Waals surface area contributed by atoms with E-state index in [1.165, 1.54) is 6.92 Å². The molecule has 0 spiro atoms. The van der Waals surface area contributed by atoms with Crippen LogP contribution in [0.25, 0.3) is 0 Å². The van der Waals surface area contributed by atoms with E-state index in [2.05, 4.69) is 35.9 Å². The van der Waals surface area contributed by atoms with Crippen LogP contribution in [0.4, 0.5) is 4.79 Å². The van der Waals surface area contributed by atoms with E-state index in [1.54, 1.807) is 49.6 Å². The zero-order valence-corrected chi connectivity index (χ0v) is 37.8. The number of amides is 3. The number of urea groups is 1. The van der Waals surface area contributed by atoms with Gasteiger partial charge in [0.1, 0.15) is 6.29 Å². The molecule has 25 heteroatoms. The zero-order valence-electron chi connectivity index (χ0n) is 32.8. The van der Waals surface area contributed by atoms with Crippen molar-refractivity contribution in [3.63, 3.8) is 0 Å². The number of carbonyl (C=O) groups excluding carboxylic acids is 2. The summed E-state index contributed by atoms with van der Waals surface area (Å²) in [5.41, 5.74) is 0. The standard InChI is InChI=1S/C13H23N3O4S.4C5H5N.C2H6O2.4Co.7H2O/c17-10(14-6-5-11(18)19)4-2-1-3-9-12-8(7-21-9)15-13(20)16-12;4*1-2-4-6-5-3-1;1-2(3)4;;;;;;;;;;;/h8-9,11-12,18-19H,1-7H2,(H,14,17)(H2,15,16,20);4*1-5H;2-4H,1H3;;;;;7*1H2/p+4/t8-,9-,12-;;;;;;;;;;;;;;;;/m0................/s1. The van der Waals surface area contributed by atoms with Crippen LogP contribution in [0, 0.1) is 0 Å². The Morgan fingerprint density at radius 2 is 1.02 bits per heavy atom. The maximum absolute atomic E-state index is 11.5. The third kappa shape index (κ3) is 53.3. The number of aliphatic hydroxyl groups is 4. The fourth-order valence-corrected chi connectivity index (χ4v) is 5.50. The first-order valence-electron chi connectivity index (χ1n) is 15.9. The van der Waals surface area contributed by atoms with E-state index in [-0.39, 0.29) is 142 Å². The monoisotopic (exact) mass is 1060 g/mol. The molecular weight excluding hydrogens is 994 g/mol. The van der Waals surface area contributed by atoms with Crippen molar-refractivity contribution in [3.8, 4) is 0 Å². The van der Waals surface area contributed by atoms with E-state index < -0.39 is 12.6 Å². The Balaban J connectivity index is -0.0000000578. The van der Waals surface area contributed by atoms with Crippen molar-refractivity contribution in [2.24, 2.45) is 0 Å². The second kappa shape index (κ2) is 60.6. The van der Waals surface area contributed by atoms with E-state index in [9.17, 15) is 9.59 Å². The van der Waals surface area contributed by atoms with Crippen molar-refractivity contribution in [1.82, 2.24) is 35.9 Å². The van der Waals surface area contributed by atoms with Gasteiger partial charge in [-0.05, 0) is 68.3 Å². The van der Waals surface area contributed by atoms with Crippen LogP contribution in [-0.2, 0) is 93.8 Å². The first-order chi connectivity index (χ1) is 23.8. The average molecular weight is 1060 g/mol. The minimum atomic E-state index is -1.37. The van der Waals surface area contributed by atoms with Gasteiger partial charge >= 0.3 is 6.03 Å². The number of nitrogens with one attached hydrogen (secondary N) is 3. The molecule has 0 unspecified atom stereocenters. The Bertz CT molecular complexity index is 1090. The van der Waals surface area contributed by atoms with Crippen LogP contribution in [0.2, 0.25) is 0 Å². The summed E-state index contributed by atoms with van der Waals surface area (Å²) in [4.78, 5) is 37.9. The van der Waals surface area contributed by atoms with Crippen molar-refractivity contribution in [2.45, 2.75) is 68.9 Å². The predicted octanol–water partition coefficient (Wildman–Crippen LogP) is -3.00. The quantitative estimate of drug-likeness (QED) is 0.0404. The Labute approximate surface area is 396 Å². The number of rotatable bonds is 8. The van der Waals surface area contributed by atoms with E-state index in [0.29, 0.717) is 11.7 Å². The largest absolute Gasteiger partial charge is 0.457 e. The molecule has 4 aromatic heterocycles. The van der Waals surface area contributed by atoms with Gasteiger partial charge in [-0.2, -0.15) is 11.8 Å². The SMILES string of the molecule is CC(O)O.O.O.O.O=C(CCCC[C@@H]1SC[C@@H]2NC(=O)N[C@@H]21)NCCC(O)O.[Co].[Co].[Co].[Co].[OH3+].[OH3+].[OH3+].[OH3+].c1ccncc1.c1ccncc1.c1ccncc1.c1ccncc1. The number of nitrogens with zero attached hydrogens (tertiary/aromatic N) is 4. The van der Waals surface area contributed by atoms with Crippen LogP contribution in [-0.4, -0.2) is 111 Å². The number of fused-ring (bicyclic) bond motifs is 1. The molecule has 0 aromatic carbocycles. The number of carbonyl (C=O) groups is 2. The number of hydrogen-bond acceptors (Lipinski definition) is 11. The van der Waals surface area contributed by atoms with Crippen molar-refractivity contribution in [2.75, 3.05) is 12.3 Å². The van der Waals surface area contributed by atoms with Gasteiger partial charge in [-0.15, -0.1) is 0 Å². The van der Waals surface area contributed by atoms with Gasteiger partial charge in [-0.1, -0.05) is 30.7 Å². The second-order valence-electron chi connectivity index (χ2n) is 10.2. The summed E-state index contributed by atoms with van der Waals surface area (Å²) >= 11 is 1.88. The maximum Gasteiger partial charge on any atom is 0.315 e. The zero-order chi connectivity index (χ0) is 35.8. The molecule has 3 atom stereocenters. The summed E-state index contributed by atoms with van der Waals surface area (Å²) in [6.07, 6.45) is 14.8. The number of aliphatic hydroxyl groups excluding tert-OH is 2. The topological polar surface area (TPSA) is 429 Å². The van der Waals surface area contributed by atoms with Crippen LogP contribution >= 0.6 is 11.8 Å². The van der Waals surface area contributed by atoms with Gasteiger partial charge in [0.15, 0.2) is 6.29 Å². The van der Waals surface area contributed by atoms with Gasteiger partial charge in [-0.3, -0.25) is 24.7 Å². The fraction of sp³-hybridized carbons (Fsp3) is 0.371. The molecular formula is C35H67Co4N7O13S+4. The molecule has 2 aliphatic rings. The summed E-state index contributed by atoms with van der Waals surface area (Å²) in [5, 5.41) is 41.5. The number of hydrogen-bond donors (Lipinski definition) is 7. The molecule has 0 saturated carbocycles. The Morgan fingerprint density at radius 3 is 1.30 bits per heavy atom. The molecule has 358 valence electrons. The number of unbranched alkanes of at least 4 members (excludes halogenated alkanes) is 1. The first kappa shape index (κ1) is 84.7. The minimum Gasteiger partial charge on any atom is -0.457 e. The number of thioether (sulfide) groups is 1. The predicted molar refractivity (Wildman–Crippen MR) is 221 cm³/mol. The molecule has 20 nitrogen and oxygen atoms in total. The van der Waals surface area contributed by atoms with Crippen LogP contribution in [0.1, 0.15) is 39.0 Å². The number of pyridine rings is 4. The molecule has 0 aliphatic carbocycles. The molecule has 25 N–H and O–H groups in total. The molecule has 60 heavy (non-hydrogen) atoms. The maximum atomic E-state index is 11.5. The van der Waals surface area contributed by atoms with Gasteiger partial charge < -0.3 is 74.7 Å². The molecule has 6 heterocycles. The van der Waals surface area contributed by atoms with E-state index in [4.69, 9.17) is 20.4 Å². The van der Waals surface area contributed by atoms with E-state index in [0.717, 1.165) is 25.0 Å². The van der Waals surface area contributed by atoms with Gasteiger partial charge in [-0.25, -0.2) is 4.79 Å². The van der Waals surface area contributed by atoms with Crippen molar-refractivity contribution in [3.05, 3.63) is 122 Å². The summed E-state index contributed by atoms with van der Waals surface area (Å²) in [7, 11) is 0. The van der Waals surface area contributed by atoms with Gasteiger partial charge in [0.25, 0.3) is 0 Å². The second-order valence-corrected chi connectivity index (χ2v) is 11.5. The molecule has 2 fully saturated rings.